The summed E-state index contributed by atoms with van der Waals surface area (Å²) in [5.74, 6) is -2.91. The zero-order valence-electron chi connectivity index (χ0n) is 21.2. The van der Waals surface area contributed by atoms with Gasteiger partial charge in [0.1, 0.15) is 5.75 Å². The molecule has 0 atom stereocenters. The number of carbonyl (C=O) groups excluding carboxylic acids is 4. The van der Waals surface area contributed by atoms with E-state index < -0.39 is 23.7 Å². The van der Waals surface area contributed by atoms with Crippen LogP contribution in [0.25, 0.3) is 0 Å². The van der Waals surface area contributed by atoms with Crippen molar-refractivity contribution >= 4 is 57.2 Å². The summed E-state index contributed by atoms with van der Waals surface area (Å²) in [6.45, 7) is 1.91. The third-order valence-electron chi connectivity index (χ3n) is 5.49. The maximum absolute atomic E-state index is 12.7. The van der Waals surface area contributed by atoms with E-state index in [0.29, 0.717) is 21.3 Å². The number of ether oxygens (including phenoxy) is 1. The Kier molecular flexibility index (Phi) is 9.16. The van der Waals surface area contributed by atoms with E-state index in [-0.39, 0.29) is 17.0 Å². The fourth-order valence-corrected chi connectivity index (χ4v) is 3.84. The lowest BCUT2D eigenvalue weighted by Crippen LogP contribution is -2.33. The molecule has 0 saturated heterocycles. The van der Waals surface area contributed by atoms with E-state index in [1.807, 2.05) is 13.0 Å². The van der Waals surface area contributed by atoms with Crippen LogP contribution in [-0.2, 0) is 9.59 Å². The number of halogens is 1. The highest BCUT2D eigenvalue weighted by Crippen LogP contribution is 2.23. The SMILES string of the molecule is Cc1ccc(C(=O)Oc2ccc(Br)cc2/C=N\NC(=O)C(=O)Nc2ccccc2C(=O)Nc2ccccc2)cc1. The molecule has 0 saturated carbocycles. The lowest BCUT2D eigenvalue weighted by Gasteiger charge is -2.11. The Balaban J connectivity index is 1.40. The Morgan fingerprint density at radius 3 is 2.25 bits per heavy atom. The Labute approximate surface area is 238 Å². The zero-order valence-corrected chi connectivity index (χ0v) is 22.8. The van der Waals surface area contributed by atoms with E-state index in [1.165, 1.54) is 18.3 Å². The van der Waals surface area contributed by atoms with Gasteiger partial charge < -0.3 is 15.4 Å². The highest BCUT2D eigenvalue weighted by Gasteiger charge is 2.18. The minimum atomic E-state index is -1.07. The summed E-state index contributed by atoms with van der Waals surface area (Å²) in [5, 5.41) is 9.00. The molecule has 40 heavy (non-hydrogen) atoms. The standard InChI is InChI=1S/C30H23BrN4O5/c1-19-11-13-20(14-12-19)30(39)40-26-16-15-22(31)17-21(26)18-32-35-29(38)28(37)34-25-10-6-5-9-24(25)27(36)33-23-7-3-2-4-8-23/h2-18H,1H3,(H,33,36)(H,34,37)(H,35,38)/b32-18-. The van der Waals surface area contributed by atoms with Gasteiger partial charge in [0.2, 0.25) is 0 Å². The van der Waals surface area contributed by atoms with Gasteiger partial charge in [-0.1, -0.05) is 64.0 Å². The van der Waals surface area contributed by atoms with E-state index in [1.54, 1.807) is 78.9 Å². The van der Waals surface area contributed by atoms with Gasteiger partial charge in [0, 0.05) is 15.7 Å². The van der Waals surface area contributed by atoms with Crippen molar-refractivity contribution in [3.05, 3.63) is 124 Å². The highest BCUT2D eigenvalue weighted by atomic mass is 79.9. The molecule has 0 unspecified atom stereocenters. The number of hydrogen-bond donors (Lipinski definition) is 3. The fourth-order valence-electron chi connectivity index (χ4n) is 3.46. The van der Waals surface area contributed by atoms with Crippen LogP contribution in [0.2, 0.25) is 0 Å². The van der Waals surface area contributed by atoms with Crippen molar-refractivity contribution in [1.29, 1.82) is 0 Å². The van der Waals surface area contributed by atoms with E-state index in [2.05, 4.69) is 37.1 Å². The molecule has 0 fully saturated rings. The number of anilines is 2. The number of rotatable bonds is 7. The Bertz CT molecular complexity index is 1590. The normalized spacial score (nSPS) is 10.6. The van der Waals surface area contributed by atoms with Crippen LogP contribution >= 0.6 is 15.9 Å². The van der Waals surface area contributed by atoms with Crippen molar-refractivity contribution in [2.75, 3.05) is 10.6 Å². The Morgan fingerprint density at radius 2 is 1.50 bits per heavy atom. The topological polar surface area (TPSA) is 126 Å². The molecule has 0 aliphatic heterocycles. The molecule has 4 aromatic rings. The number of esters is 1. The van der Waals surface area contributed by atoms with E-state index in [0.717, 1.165) is 5.56 Å². The van der Waals surface area contributed by atoms with Crippen molar-refractivity contribution in [3.8, 4) is 5.75 Å². The predicted octanol–water partition coefficient (Wildman–Crippen LogP) is 5.32. The second kappa shape index (κ2) is 13.1. The van der Waals surface area contributed by atoms with Gasteiger partial charge >= 0.3 is 17.8 Å². The molecule has 0 aliphatic rings. The van der Waals surface area contributed by atoms with Crippen LogP contribution in [0, 0.1) is 6.92 Å². The quantitative estimate of drug-likeness (QED) is 0.0872. The monoisotopic (exact) mass is 598 g/mol. The molecule has 0 spiro atoms. The minimum absolute atomic E-state index is 0.150. The summed E-state index contributed by atoms with van der Waals surface area (Å²) in [6.07, 6.45) is 1.24. The molecular formula is C30H23BrN4O5. The summed E-state index contributed by atoms with van der Waals surface area (Å²) in [7, 11) is 0. The number of nitrogens with one attached hydrogen (secondary N) is 3. The number of aryl methyl sites for hydroxylation is 1. The van der Waals surface area contributed by atoms with Crippen molar-refractivity contribution in [1.82, 2.24) is 5.43 Å². The molecule has 0 aliphatic carbocycles. The van der Waals surface area contributed by atoms with Gasteiger partial charge in [-0.25, -0.2) is 10.2 Å². The van der Waals surface area contributed by atoms with Gasteiger partial charge in [-0.15, -0.1) is 0 Å². The third-order valence-corrected chi connectivity index (χ3v) is 5.98. The fraction of sp³-hybridized carbons (Fsp3) is 0.0333. The lowest BCUT2D eigenvalue weighted by molar-refractivity contribution is -0.136. The summed E-state index contributed by atoms with van der Waals surface area (Å²) in [5.41, 5.74) is 4.80. The Morgan fingerprint density at radius 1 is 0.800 bits per heavy atom. The number of hydrazone groups is 1. The molecule has 0 radical (unpaired) electrons. The predicted molar refractivity (Wildman–Crippen MR) is 155 cm³/mol. The first-order valence-corrected chi connectivity index (χ1v) is 12.8. The summed E-state index contributed by atoms with van der Waals surface area (Å²) in [6, 6.07) is 26.9. The van der Waals surface area contributed by atoms with Gasteiger partial charge in [0.15, 0.2) is 0 Å². The molecule has 9 nitrogen and oxygen atoms in total. The molecule has 200 valence electrons. The summed E-state index contributed by atoms with van der Waals surface area (Å²) >= 11 is 3.35. The largest absolute Gasteiger partial charge is 0.422 e. The number of carbonyl (C=O) groups is 4. The van der Waals surface area contributed by atoms with Crippen LogP contribution in [0.3, 0.4) is 0 Å². The van der Waals surface area contributed by atoms with Gasteiger partial charge in [-0.3, -0.25) is 14.4 Å². The van der Waals surface area contributed by atoms with Gasteiger partial charge in [-0.2, -0.15) is 5.10 Å². The first-order valence-electron chi connectivity index (χ1n) is 12.0. The maximum Gasteiger partial charge on any atom is 0.343 e. The first-order chi connectivity index (χ1) is 19.3. The van der Waals surface area contributed by atoms with Crippen LogP contribution in [0.5, 0.6) is 5.75 Å². The number of nitrogens with zero attached hydrogens (tertiary/aromatic N) is 1. The van der Waals surface area contributed by atoms with E-state index in [4.69, 9.17) is 4.74 Å². The van der Waals surface area contributed by atoms with Crippen molar-refractivity contribution < 1.29 is 23.9 Å². The van der Waals surface area contributed by atoms with Crippen molar-refractivity contribution in [2.45, 2.75) is 6.92 Å². The number of hydrogen-bond acceptors (Lipinski definition) is 6. The summed E-state index contributed by atoms with van der Waals surface area (Å²) in [4.78, 5) is 50.2. The first kappa shape index (κ1) is 27.9. The van der Waals surface area contributed by atoms with Gasteiger partial charge in [0.25, 0.3) is 5.91 Å². The molecular weight excluding hydrogens is 576 g/mol. The van der Waals surface area contributed by atoms with E-state index in [9.17, 15) is 19.2 Å². The van der Waals surface area contributed by atoms with Crippen LogP contribution in [0.4, 0.5) is 11.4 Å². The van der Waals surface area contributed by atoms with Crippen molar-refractivity contribution in [2.24, 2.45) is 5.10 Å². The van der Waals surface area contributed by atoms with Crippen LogP contribution in [0.15, 0.2) is 107 Å². The van der Waals surface area contributed by atoms with Gasteiger partial charge in [-0.05, 0) is 61.5 Å². The van der Waals surface area contributed by atoms with Crippen molar-refractivity contribution in [3.63, 3.8) is 0 Å². The number of benzene rings is 4. The van der Waals surface area contributed by atoms with Crippen LogP contribution in [0.1, 0.15) is 31.8 Å². The molecule has 4 aromatic carbocycles. The highest BCUT2D eigenvalue weighted by molar-refractivity contribution is 9.10. The second-order valence-electron chi connectivity index (χ2n) is 8.46. The maximum atomic E-state index is 12.7. The van der Waals surface area contributed by atoms with Gasteiger partial charge in [0.05, 0.1) is 23.0 Å². The molecule has 0 bridgehead atoms. The lowest BCUT2D eigenvalue weighted by atomic mass is 10.1. The smallest absolute Gasteiger partial charge is 0.343 e. The molecule has 3 amide bonds. The molecule has 0 aromatic heterocycles. The zero-order chi connectivity index (χ0) is 28.5. The average molecular weight is 599 g/mol. The molecule has 3 N–H and O–H groups in total. The average Bonchev–Trinajstić information content (AvgIpc) is 2.95. The van der Waals surface area contributed by atoms with E-state index >= 15 is 0 Å². The minimum Gasteiger partial charge on any atom is -0.422 e. The molecule has 10 heteroatoms. The van der Waals surface area contributed by atoms with Crippen LogP contribution in [-0.4, -0.2) is 29.9 Å². The molecule has 4 rings (SSSR count). The number of para-hydroxylation sites is 2. The second-order valence-corrected chi connectivity index (χ2v) is 9.37. The Hall–Kier alpha value is -5.09. The number of amides is 3. The third kappa shape index (κ3) is 7.49. The summed E-state index contributed by atoms with van der Waals surface area (Å²) < 4.78 is 6.19. The molecule has 0 heterocycles. The van der Waals surface area contributed by atoms with Crippen LogP contribution < -0.4 is 20.8 Å².